The van der Waals surface area contributed by atoms with Gasteiger partial charge in [-0.15, -0.1) is 0 Å². The number of hydrogen-bond donors (Lipinski definition) is 1. The van der Waals surface area contributed by atoms with Crippen LogP contribution in [0.1, 0.15) is 39.7 Å². The molecule has 1 N–H and O–H groups in total. The lowest BCUT2D eigenvalue weighted by atomic mass is 10.2. The van der Waals surface area contributed by atoms with Crippen LogP contribution < -0.4 is 5.32 Å². The number of rotatable bonds is 8. The first-order valence-corrected chi connectivity index (χ1v) is 9.37. The molecule has 0 saturated heterocycles. The maximum atomic E-state index is 12.4. The quantitative estimate of drug-likeness (QED) is 0.741. The minimum Gasteiger partial charge on any atom is -0.350 e. The third-order valence-electron chi connectivity index (χ3n) is 3.65. The van der Waals surface area contributed by atoms with E-state index < -0.39 is 10.0 Å². The number of amides is 1. The van der Waals surface area contributed by atoms with Crippen molar-refractivity contribution in [1.82, 2.24) is 9.62 Å². The number of sulfonamides is 1. The molecule has 0 unspecified atom stereocenters. The summed E-state index contributed by atoms with van der Waals surface area (Å²) in [6.07, 6.45) is 4.00. The molecule has 0 aromatic heterocycles. The van der Waals surface area contributed by atoms with Crippen LogP contribution in [0.4, 0.5) is 0 Å². The van der Waals surface area contributed by atoms with E-state index in [-0.39, 0.29) is 16.8 Å². The lowest BCUT2D eigenvalue weighted by molar-refractivity contribution is -0.117. The Balaban J connectivity index is 2.83. The van der Waals surface area contributed by atoms with Crippen LogP contribution in [0.15, 0.2) is 35.2 Å². The monoisotopic (exact) mass is 338 g/mol. The van der Waals surface area contributed by atoms with E-state index in [0.29, 0.717) is 13.1 Å². The summed E-state index contributed by atoms with van der Waals surface area (Å²) in [4.78, 5) is 11.9. The third kappa shape index (κ3) is 5.48. The largest absolute Gasteiger partial charge is 0.350 e. The summed E-state index contributed by atoms with van der Waals surface area (Å²) in [5.74, 6) is -0.154. The number of nitrogens with zero attached hydrogens (tertiary/aromatic N) is 1. The minimum absolute atomic E-state index is 0.133. The third-order valence-corrected chi connectivity index (χ3v) is 5.72. The summed E-state index contributed by atoms with van der Waals surface area (Å²) in [5.41, 5.74) is 0.780. The van der Waals surface area contributed by atoms with E-state index in [9.17, 15) is 13.2 Å². The molecule has 6 heteroatoms. The maximum Gasteiger partial charge on any atom is 0.244 e. The lowest BCUT2D eigenvalue weighted by Gasteiger charge is -2.18. The van der Waals surface area contributed by atoms with Crippen LogP contribution in [0.3, 0.4) is 0 Å². The van der Waals surface area contributed by atoms with Crippen molar-refractivity contribution in [2.75, 3.05) is 13.1 Å². The topological polar surface area (TPSA) is 66.5 Å². The van der Waals surface area contributed by atoms with Gasteiger partial charge in [-0.05, 0) is 37.1 Å². The lowest BCUT2D eigenvalue weighted by Crippen LogP contribution is -2.30. The van der Waals surface area contributed by atoms with Crippen LogP contribution >= 0.6 is 0 Å². The fourth-order valence-corrected chi connectivity index (χ4v) is 3.49. The molecule has 5 nitrogen and oxygen atoms in total. The van der Waals surface area contributed by atoms with E-state index >= 15 is 0 Å². The Morgan fingerprint density at radius 3 is 2.22 bits per heavy atom. The molecular weight excluding hydrogens is 312 g/mol. The molecule has 0 aliphatic rings. The Bertz CT molecular complexity index is 632. The van der Waals surface area contributed by atoms with Gasteiger partial charge in [0.1, 0.15) is 0 Å². The van der Waals surface area contributed by atoms with Crippen LogP contribution in [0.2, 0.25) is 0 Å². The van der Waals surface area contributed by atoms with Crippen LogP contribution in [0, 0.1) is 0 Å². The van der Waals surface area contributed by atoms with Crippen molar-refractivity contribution >= 4 is 22.0 Å². The molecular formula is C17H26N2O3S. The Morgan fingerprint density at radius 1 is 1.17 bits per heavy atom. The Morgan fingerprint density at radius 2 is 1.74 bits per heavy atom. The van der Waals surface area contributed by atoms with Crippen LogP contribution in [-0.4, -0.2) is 37.8 Å². The van der Waals surface area contributed by atoms with Crippen molar-refractivity contribution in [3.8, 4) is 0 Å². The van der Waals surface area contributed by atoms with E-state index in [0.717, 1.165) is 12.0 Å². The Labute approximate surface area is 139 Å². The molecule has 0 heterocycles. The fraction of sp³-hybridized carbons (Fsp3) is 0.471. The predicted octanol–water partition coefficient (Wildman–Crippen LogP) is 2.65. The maximum absolute atomic E-state index is 12.4. The summed E-state index contributed by atoms with van der Waals surface area (Å²) in [6, 6.07) is 6.67. The summed E-state index contributed by atoms with van der Waals surface area (Å²) in [5, 5.41) is 2.84. The second kappa shape index (κ2) is 8.84. The summed E-state index contributed by atoms with van der Waals surface area (Å²) >= 11 is 0. The van der Waals surface area contributed by atoms with Crippen molar-refractivity contribution in [3.63, 3.8) is 0 Å². The molecule has 1 atom stereocenters. The van der Waals surface area contributed by atoms with Gasteiger partial charge in [0.15, 0.2) is 0 Å². The van der Waals surface area contributed by atoms with Gasteiger partial charge in [-0.2, -0.15) is 4.31 Å². The standard InChI is InChI=1S/C17H26N2O3S/c1-5-14(4)18-17(20)13-10-15-8-11-16(12-9-15)23(21,22)19(6-2)7-3/h8-14H,5-7H2,1-4H3,(H,18,20)/b13-10+/t14-/m1/s1. The van der Waals surface area contributed by atoms with Gasteiger partial charge in [0.25, 0.3) is 0 Å². The second-order valence-corrected chi connectivity index (χ2v) is 7.25. The molecule has 0 radical (unpaired) electrons. The second-order valence-electron chi connectivity index (χ2n) is 5.31. The smallest absolute Gasteiger partial charge is 0.244 e. The van der Waals surface area contributed by atoms with Gasteiger partial charge in [0.05, 0.1) is 4.90 Å². The van der Waals surface area contributed by atoms with Crippen molar-refractivity contribution in [2.45, 2.75) is 45.1 Å². The van der Waals surface area contributed by atoms with Gasteiger partial charge >= 0.3 is 0 Å². The molecule has 0 fully saturated rings. The molecule has 0 spiro atoms. The summed E-state index contributed by atoms with van der Waals surface area (Å²) in [7, 11) is -3.44. The highest BCUT2D eigenvalue weighted by Gasteiger charge is 2.20. The van der Waals surface area contributed by atoms with Gasteiger partial charge in [0, 0.05) is 25.2 Å². The first kappa shape index (κ1) is 19.4. The summed E-state index contributed by atoms with van der Waals surface area (Å²) in [6.45, 7) is 8.46. The summed E-state index contributed by atoms with van der Waals surface area (Å²) < 4.78 is 26.2. The number of hydrogen-bond acceptors (Lipinski definition) is 3. The molecule has 1 aromatic carbocycles. The Hall–Kier alpha value is -1.66. The molecule has 0 aliphatic carbocycles. The number of carbonyl (C=O) groups is 1. The average Bonchev–Trinajstić information content (AvgIpc) is 2.54. The number of carbonyl (C=O) groups excluding carboxylic acids is 1. The molecule has 0 aliphatic heterocycles. The first-order chi connectivity index (χ1) is 10.8. The van der Waals surface area contributed by atoms with E-state index in [4.69, 9.17) is 0 Å². The predicted molar refractivity (Wildman–Crippen MR) is 93.5 cm³/mol. The zero-order valence-corrected chi connectivity index (χ0v) is 15.1. The fourth-order valence-electron chi connectivity index (χ4n) is 2.03. The molecule has 23 heavy (non-hydrogen) atoms. The Kier molecular flexibility index (Phi) is 7.45. The zero-order chi connectivity index (χ0) is 17.5. The highest BCUT2D eigenvalue weighted by Crippen LogP contribution is 2.16. The zero-order valence-electron chi connectivity index (χ0n) is 14.2. The van der Waals surface area contributed by atoms with Gasteiger partial charge in [-0.3, -0.25) is 4.79 Å². The van der Waals surface area contributed by atoms with Gasteiger partial charge < -0.3 is 5.32 Å². The van der Waals surface area contributed by atoms with E-state index in [1.807, 2.05) is 27.7 Å². The molecule has 0 bridgehead atoms. The van der Waals surface area contributed by atoms with Gasteiger partial charge in [-0.25, -0.2) is 8.42 Å². The van der Waals surface area contributed by atoms with E-state index in [2.05, 4.69) is 5.32 Å². The van der Waals surface area contributed by atoms with Gasteiger partial charge in [0.2, 0.25) is 15.9 Å². The van der Waals surface area contributed by atoms with Crippen molar-refractivity contribution in [2.24, 2.45) is 0 Å². The SMILES string of the molecule is CC[C@@H](C)NC(=O)/C=C/c1ccc(S(=O)(=O)N(CC)CC)cc1. The number of benzene rings is 1. The highest BCUT2D eigenvalue weighted by atomic mass is 32.2. The van der Waals surface area contributed by atoms with Crippen LogP contribution in [-0.2, 0) is 14.8 Å². The highest BCUT2D eigenvalue weighted by molar-refractivity contribution is 7.89. The van der Waals surface area contributed by atoms with E-state index in [1.54, 1.807) is 30.3 Å². The normalized spacial score (nSPS) is 13.4. The van der Waals surface area contributed by atoms with Crippen LogP contribution in [0.5, 0.6) is 0 Å². The number of nitrogens with one attached hydrogen (secondary N) is 1. The van der Waals surface area contributed by atoms with E-state index in [1.165, 1.54) is 10.4 Å². The molecule has 1 amide bonds. The minimum atomic E-state index is -3.44. The van der Waals surface area contributed by atoms with Crippen molar-refractivity contribution in [1.29, 1.82) is 0 Å². The van der Waals surface area contributed by atoms with Crippen molar-refractivity contribution < 1.29 is 13.2 Å². The first-order valence-electron chi connectivity index (χ1n) is 7.93. The molecule has 1 aromatic rings. The van der Waals surface area contributed by atoms with Crippen LogP contribution in [0.25, 0.3) is 6.08 Å². The average molecular weight is 338 g/mol. The van der Waals surface area contributed by atoms with Crippen molar-refractivity contribution in [3.05, 3.63) is 35.9 Å². The molecule has 0 saturated carbocycles. The van der Waals surface area contributed by atoms with Gasteiger partial charge in [-0.1, -0.05) is 32.9 Å². The molecule has 128 valence electrons. The molecule has 1 rings (SSSR count).